The third kappa shape index (κ3) is 6.11. The number of carbonyl (C=O) groups excluding carboxylic acids is 1. The fourth-order valence-electron chi connectivity index (χ4n) is 2.21. The van der Waals surface area contributed by atoms with Gasteiger partial charge in [0.1, 0.15) is 0 Å². The lowest BCUT2D eigenvalue weighted by Gasteiger charge is -2.10. The van der Waals surface area contributed by atoms with E-state index in [4.69, 9.17) is 9.47 Å². The second-order valence-electron chi connectivity index (χ2n) is 5.22. The number of benzene rings is 2. The van der Waals surface area contributed by atoms with Crippen LogP contribution in [-0.2, 0) is 6.42 Å². The Hall–Kier alpha value is -3.13. The van der Waals surface area contributed by atoms with E-state index in [2.05, 4.69) is 22.5 Å². The van der Waals surface area contributed by atoms with Gasteiger partial charge in [-0.3, -0.25) is 0 Å². The van der Waals surface area contributed by atoms with E-state index in [1.54, 1.807) is 14.2 Å². The maximum Gasteiger partial charge on any atom is 0.315 e. The Morgan fingerprint density at radius 3 is 2.48 bits per heavy atom. The summed E-state index contributed by atoms with van der Waals surface area (Å²) in [5, 5.41) is 5.52. The number of hydrogen-bond donors (Lipinski definition) is 2. The van der Waals surface area contributed by atoms with Crippen molar-refractivity contribution in [2.24, 2.45) is 0 Å². The first-order valence-corrected chi connectivity index (χ1v) is 7.99. The predicted octanol–water partition coefficient (Wildman–Crippen LogP) is 2.60. The molecule has 2 aromatic rings. The smallest absolute Gasteiger partial charge is 0.315 e. The van der Waals surface area contributed by atoms with Gasteiger partial charge in [0.05, 0.1) is 20.8 Å². The molecule has 5 heteroatoms. The Balaban J connectivity index is 1.71. The van der Waals surface area contributed by atoms with Gasteiger partial charge in [0.15, 0.2) is 11.5 Å². The standard InChI is InChI=1S/C20H22N2O3/c1-24-18-11-10-17(15-19(18)25-2)12-14-22-20(23)21-13-6-9-16-7-4-3-5-8-16/h3-5,7-8,10-11,15H,12-14H2,1-2H3,(H2,21,22,23). The summed E-state index contributed by atoms with van der Waals surface area (Å²) in [6.07, 6.45) is 0.698. The minimum atomic E-state index is -0.233. The number of amides is 2. The molecular formula is C20H22N2O3. The summed E-state index contributed by atoms with van der Waals surface area (Å²) in [7, 11) is 3.20. The summed E-state index contributed by atoms with van der Waals surface area (Å²) in [5.74, 6) is 7.27. The Morgan fingerprint density at radius 1 is 1.00 bits per heavy atom. The fourth-order valence-corrected chi connectivity index (χ4v) is 2.21. The first kappa shape index (κ1) is 18.2. The molecule has 130 valence electrons. The fraction of sp³-hybridized carbons (Fsp3) is 0.250. The molecule has 0 atom stereocenters. The maximum absolute atomic E-state index is 11.7. The highest BCUT2D eigenvalue weighted by molar-refractivity contribution is 5.74. The van der Waals surface area contributed by atoms with Gasteiger partial charge in [0.25, 0.3) is 0 Å². The Bertz CT molecular complexity index is 749. The third-order valence-electron chi connectivity index (χ3n) is 3.49. The van der Waals surface area contributed by atoms with Crippen LogP contribution in [0.15, 0.2) is 48.5 Å². The molecule has 0 radical (unpaired) electrons. The number of ether oxygens (including phenoxy) is 2. The van der Waals surface area contributed by atoms with E-state index in [9.17, 15) is 4.79 Å². The molecule has 0 aromatic heterocycles. The van der Waals surface area contributed by atoms with Gasteiger partial charge < -0.3 is 20.1 Å². The SMILES string of the molecule is COc1ccc(CCNC(=O)NCC#Cc2ccccc2)cc1OC. The lowest BCUT2D eigenvalue weighted by atomic mass is 10.1. The molecule has 2 rings (SSSR count). The summed E-state index contributed by atoms with van der Waals surface area (Å²) in [5.41, 5.74) is 1.99. The van der Waals surface area contributed by atoms with Gasteiger partial charge in [-0.2, -0.15) is 0 Å². The lowest BCUT2D eigenvalue weighted by Crippen LogP contribution is -2.36. The van der Waals surface area contributed by atoms with E-state index in [-0.39, 0.29) is 6.03 Å². The Kier molecular flexibility index (Phi) is 7.20. The zero-order valence-corrected chi connectivity index (χ0v) is 14.5. The van der Waals surface area contributed by atoms with Crippen molar-refractivity contribution < 1.29 is 14.3 Å². The first-order chi connectivity index (χ1) is 12.2. The van der Waals surface area contributed by atoms with E-state index in [1.807, 2.05) is 48.5 Å². The molecule has 2 aromatic carbocycles. The van der Waals surface area contributed by atoms with Crippen LogP contribution >= 0.6 is 0 Å². The van der Waals surface area contributed by atoms with Crippen LogP contribution < -0.4 is 20.1 Å². The van der Waals surface area contributed by atoms with Crippen LogP contribution in [0.3, 0.4) is 0 Å². The van der Waals surface area contributed by atoms with Gasteiger partial charge in [-0.05, 0) is 36.2 Å². The Labute approximate surface area is 148 Å². The average molecular weight is 338 g/mol. The average Bonchev–Trinajstić information content (AvgIpc) is 2.66. The van der Waals surface area contributed by atoms with Crippen LogP contribution in [0.25, 0.3) is 0 Å². The van der Waals surface area contributed by atoms with E-state index in [0.29, 0.717) is 31.0 Å². The molecule has 2 N–H and O–H groups in total. The van der Waals surface area contributed by atoms with E-state index in [1.165, 1.54) is 0 Å². The molecule has 0 aliphatic heterocycles. The largest absolute Gasteiger partial charge is 0.493 e. The summed E-state index contributed by atoms with van der Waals surface area (Å²) >= 11 is 0. The first-order valence-electron chi connectivity index (χ1n) is 7.99. The van der Waals surface area contributed by atoms with E-state index < -0.39 is 0 Å². The van der Waals surface area contributed by atoms with Crippen molar-refractivity contribution in [1.82, 2.24) is 10.6 Å². The molecule has 0 bridgehead atoms. The molecule has 5 nitrogen and oxygen atoms in total. The molecule has 0 aliphatic rings. The van der Waals surface area contributed by atoms with Gasteiger partial charge in [0, 0.05) is 12.1 Å². The molecule has 0 saturated carbocycles. The summed E-state index contributed by atoms with van der Waals surface area (Å²) in [6.45, 7) is 0.824. The van der Waals surface area contributed by atoms with Gasteiger partial charge in [0.2, 0.25) is 0 Å². The van der Waals surface area contributed by atoms with Crippen molar-refractivity contribution in [2.75, 3.05) is 27.3 Å². The zero-order chi connectivity index (χ0) is 17.9. The molecule has 0 saturated heterocycles. The van der Waals surface area contributed by atoms with Gasteiger partial charge >= 0.3 is 6.03 Å². The highest BCUT2D eigenvalue weighted by atomic mass is 16.5. The normalized spacial score (nSPS) is 9.52. The van der Waals surface area contributed by atoms with Crippen molar-refractivity contribution in [2.45, 2.75) is 6.42 Å². The van der Waals surface area contributed by atoms with Crippen LogP contribution in [0.2, 0.25) is 0 Å². The maximum atomic E-state index is 11.7. The number of urea groups is 1. The molecular weight excluding hydrogens is 316 g/mol. The highest BCUT2D eigenvalue weighted by Crippen LogP contribution is 2.27. The number of methoxy groups -OCH3 is 2. The summed E-state index contributed by atoms with van der Waals surface area (Å²) in [6, 6.07) is 15.1. The van der Waals surface area contributed by atoms with Crippen molar-refractivity contribution in [3.63, 3.8) is 0 Å². The monoisotopic (exact) mass is 338 g/mol. The molecule has 0 unspecified atom stereocenters. The van der Waals surface area contributed by atoms with Crippen molar-refractivity contribution in [3.8, 4) is 23.3 Å². The zero-order valence-electron chi connectivity index (χ0n) is 14.5. The van der Waals surface area contributed by atoms with Gasteiger partial charge in [-0.1, -0.05) is 36.1 Å². The lowest BCUT2D eigenvalue weighted by molar-refractivity contribution is 0.242. The molecule has 0 aliphatic carbocycles. The van der Waals surface area contributed by atoms with Crippen molar-refractivity contribution in [3.05, 3.63) is 59.7 Å². The number of hydrogen-bond acceptors (Lipinski definition) is 3. The minimum absolute atomic E-state index is 0.233. The minimum Gasteiger partial charge on any atom is -0.493 e. The summed E-state index contributed by atoms with van der Waals surface area (Å²) in [4.78, 5) is 11.7. The van der Waals surface area contributed by atoms with Crippen molar-refractivity contribution >= 4 is 6.03 Å². The third-order valence-corrected chi connectivity index (χ3v) is 3.49. The second-order valence-corrected chi connectivity index (χ2v) is 5.22. The van der Waals surface area contributed by atoms with E-state index >= 15 is 0 Å². The second kappa shape index (κ2) is 9.89. The quantitative estimate of drug-likeness (QED) is 0.796. The molecule has 25 heavy (non-hydrogen) atoms. The van der Waals surface area contributed by atoms with Gasteiger partial charge in [-0.25, -0.2) is 4.79 Å². The number of carbonyl (C=O) groups is 1. The van der Waals surface area contributed by atoms with Crippen molar-refractivity contribution in [1.29, 1.82) is 0 Å². The van der Waals surface area contributed by atoms with Crippen LogP contribution in [0, 0.1) is 11.8 Å². The molecule has 0 spiro atoms. The number of nitrogens with one attached hydrogen (secondary N) is 2. The van der Waals surface area contributed by atoms with Crippen LogP contribution in [-0.4, -0.2) is 33.3 Å². The van der Waals surface area contributed by atoms with Crippen LogP contribution in [0.1, 0.15) is 11.1 Å². The predicted molar refractivity (Wildman–Crippen MR) is 98.0 cm³/mol. The Morgan fingerprint density at radius 2 is 1.76 bits per heavy atom. The van der Waals surface area contributed by atoms with Gasteiger partial charge in [-0.15, -0.1) is 0 Å². The van der Waals surface area contributed by atoms with E-state index in [0.717, 1.165) is 11.1 Å². The summed E-state index contributed by atoms with van der Waals surface area (Å²) < 4.78 is 10.5. The molecule has 2 amide bonds. The van der Waals surface area contributed by atoms with Crippen LogP contribution in [0.4, 0.5) is 4.79 Å². The topological polar surface area (TPSA) is 59.6 Å². The van der Waals surface area contributed by atoms with Crippen LogP contribution in [0.5, 0.6) is 11.5 Å². The number of rotatable bonds is 6. The molecule has 0 fully saturated rings. The highest BCUT2D eigenvalue weighted by Gasteiger charge is 2.05. The molecule has 0 heterocycles.